The second-order valence-corrected chi connectivity index (χ2v) is 8.78. The summed E-state index contributed by atoms with van der Waals surface area (Å²) in [5.41, 5.74) is 1.92. The summed E-state index contributed by atoms with van der Waals surface area (Å²) in [6.45, 7) is 2.98. The van der Waals surface area contributed by atoms with E-state index in [0.29, 0.717) is 44.0 Å². The summed E-state index contributed by atoms with van der Waals surface area (Å²) >= 11 is 0. The molecule has 2 heterocycles. The number of imidazole rings is 1. The summed E-state index contributed by atoms with van der Waals surface area (Å²) in [4.78, 5) is 32.7. The highest BCUT2D eigenvalue weighted by Crippen LogP contribution is 2.27. The number of rotatable bonds is 13. The Bertz CT molecular complexity index is 1250. The van der Waals surface area contributed by atoms with E-state index in [1.807, 2.05) is 23.6 Å². The van der Waals surface area contributed by atoms with E-state index in [9.17, 15) is 9.59 Å². The third kappa shape index (κ3) is 6.62. The molecule has 1 atom stereocenters. The Morgan fingerprint density at radius 3 is 2.63 bits per heavy atom. The normalized spacial score (nSPS) is 12.0. The number of carbonyl (C=O) groups excluding carboxylic acids is 2. The monoisotopic (exact) mass is 472 g/mol. The molecule has 8 heteroatoms. The van der Waals surface area contributed by atoms with Crippen molar-refractivity contribution in [1.29, 1.82) is 0 Å². The molecule has 2 N–H and O–H groups in total. The first-order valence-corrected chi connectivity index (χ1v) is 12.3. The highest BCUT2D eigenvalue weighted by Gasteiger charge is 2.23. The van der Waals surface area contributed by atoms with Crippen LogP contribution in [0.3, 0.4) is 0 Å². The molecule has 0 saturated heterocycles. The third-order valence-electron chi connectivity index (χ3n) is 6.28. The number of H-pyrrole nitrogens is 1. The van der Waals surface area contributed by atoms with Gasteiger partial charge in [-0.1, -0.05) is 56.2 Å². The lowest BCUT2D eigenvalue weighted by Crippen LogP contribution is -2.32. The molecule has 0 saturated carbocycles. The number of ketones is 1. The Balaban J connectivity index is 1.44. The minimum absolute atomic E-state index is 0.0536. The Morgan fingerprint density at radius 1 is 1.03 bits per heavy atom. The fraction of sp³-hybridized carbons (Fsp3) is 0.370. The van der Waals surface area contributed by atoms with Gasteiger partial charge in [-0.05, 0) is 29.7 Å². The number of nitrogens with one attached hydrogen (secondary N) is 2. The van der Waals surface area contributed by atoms with Gasteiger partial charge in [0.2, 0.25) is 5.91 Å². The van der Waals surface area contributed by atoms with Crippen molar-refractivity contribution < 1.29 is 9.59 Å². The Morgan fingerprint density at radius 2 is 1.83 bits per heavy atom. The van der Waals surface area contributed by atoms with Gasteiger partial charge in [-0.2, -0.15) is 0 Å². The van der Waals surface area contributed by atoms with Gasteiger partial charge in [0.1, 0.15) is 24.3 Å². The number of Topliss-reactive ketones (excluding diaryl/α,β-unsaturated/α-hetero) is 1. The topological polar surface area (TPSA) is 106 Å². The molecule has 0 spiro atoms. The first-order chi connectivity index (χ1) is 17.1. The van der Waals surface area contributed by atoms with Gasteiger partial charge in [0, 0.05) is 31.5 Å². The number of unbranched alkanes of at least 4 members (excludes halogenated alkanes) is 2. The fourth-order valence-corrected chi connectivity index (χ4v) is 4.20. The largest absolute Gasteiger partial charge is 0.354 e. The maximum absolute atomic E-state index is 13.1. The molecule has 1 amide bonds. The van der Waals surface area contributed by atoms with Crippen LogP contribution < -0.4 is 5.32 Å². The highest BCUT2D eigenvalue weighted by atomic mass is 16.2. The molecule has 0 aliphatic carbocycles. The summed E-state index contributed by atoms with van der Waals surface area (Å²) in [6.07, 6.45) is 9.55. The number of aromatic amines is 1. The van der Waals surface area contributed by atoms with Crippen LogP contribution in [0.2, 0.25) is 0 Å². The van der Waals surface area contributed by atoms with E-state index < -0.39 is 0 Å². The second-order valence-electron chi connectivity index (χ2n) is 8.78. The van der Waals surface area contributed by atoms with Crippen LogP contribution in [0.4, 0.5) is 0 Å². The molecular formula is C27H32N6O2. The molecule has 2 aromatic heterocycles. The molecule has 4 rings (SSSR count). The zero-order valence-corrected chi connectivity index (χ0v) is 20.1. The molecular weight excluding hydrogens is 440 g/mol. The van der Waals surface area contributed by atoms with Gasteiger partial charge in [-0.3, -0.25) is 9.59 Å². The van der Waals surface area contributed by atoms with Gasteiger partial charge in [-0.25, -0.2) is 4.98 Å². The number of hydrogen-bond donors (Lipinski definition) is 2. The summed E-state index contributed by atoms with van der Waals surface area (Å²) in [5, 5.41) is 13.0. The number of nitrogens with zero attached hydrogens (tertiary/aromatic N) is 4. The van der Waals surface area contributed by atoms with Crippen LogP contribution in [0, 0.1) is 0 Å². The van der Waals surface area contributed by atoms with Gasteiger partial charge in [0.25, 0.3) is 0 Å². The first-order valence-electron chi connectivity index (χ1n) is 12.3. The molecule has 182 valence electrons. The number of aromatic nitrogens is 5. The smallest absolute Gasteiger partial charge is 0.230 e. The van der Waals surface area contributed by atoms with E-state index in [0.717, 1.165) is 35.9 Å². The molecule has 8 nitrogen and oxygen atoms in total. The van der Waals surface area contributed by atoms with Crippen LogP contribution in [0.1, 0.15) is 57.2 Å². The molecule has 35 heavy (non-hydrogen) atoms. The number of carbonyl (C=O) groups is 2. The van der Waals surface area contributed by atoms with Crippen LogP contribution >= 0.6 is 0 Å². The van der Waals surface area contributed by atoms with Crippen molar-refractivity contribution in [3.05, 3.63) is 67.1 Å². The third-order valence-corrected chi connectivity index (χ3v) is 6.28. The Kier molecular flexibility index (Phi) is 8.38. The minimum atomic E-state index is -0.382. The number of amides is 1. The maximum atomic E-state index is 13.1. The standard InChI is InChI=1S/C27H32N6O2/c1-2-23(34)10-4-3-5-11-24(27(35)28-14-15-33-18-30-31-19-33)26-29-17-25(32-26)22-13-12-20-8-6-7-9-21(20)16-22/h6-9,12-13,16-19,24H,2-5,10-11,14-15H2,1H3,(H,28,35)(H,29,32). The van der Waals surface area contributed by atoms with Crippen molar-refractivity contribution in [2.24, 2.45) is 0 Å². The van der Waals surface area contributed by atoms with Gasteiger partial charge in [-0.15, -0.1) is 10.2 Å². The minimum Gasteiger partial charge on any atom is -0.354 e. The zero-order chi connectivity index (χ0) is 24.5. The van der Waals surface area contributed by atoms with Crippen molar-refractivity contribution in [3.63, 3.8) is 0 Å². The average Bonchev–Trinajstić information content (AvgIpc) is 3.58. The molecule has 2 aromatic carbocycles. The summed E-state index contributed by atoms with van der Waals surface area (Å²) in [6, 6.07) is 14.5. The average molecular weight is 473 g/mol. The van der Waals surface area contributed by atoms with Crippen LogP contribution in [-0.4, -0.2) is 43.0 Å². The van der Waals surface area contributed by atoms with Crippen molar-refractivity contribution in [2.45, 2.75) is 57.9 Å². The van der Waals surface area contributed by atoms with E-state index in [1.54, 1.807) is 18.9 Å². The maximum Gasteiger partial charge on any atom is 0.230 e. The number of hydrogen-bond acceptors (Lipinski definition) is 5. The second kappa shape index (κ2) is 12.1. The Labute approximate surface area is 205 Å². The lowest BCUT2D eigenvalue weighted by molar-refractivity contribution is -0.123. The van der Waals surface area contributed by atoms with Gasteiger partial charge < -0.3 is 14.9 Å². The highest BCUT2D eigenvalue weighted by molar-refractivity contribution is 5.87. The zero-order valence-electron chi connectivity index (χ0n) is 20.1. The molecule has 0 fully saturated rings. The Hall–Kier alpha value is -3.81. The molecule has 0 radical (unpaired) electrons. The van der Waals surface area contributed by atoms with Crippen molar-refractivity contribution in [3.8, 4) is 11.3 Å². The van der Waals surface area contributed by atoms with Crippen LogP contribution in [0.15, 0.2) is 61.3 Å². The van der Waals surface area contributed by atoms with E-state index in [-0.39, 0.29) is 11.8 Å². The van der Waals surface area contributed by atoms with Crippen molar-refractivity contribution >= 4 is 22.5 Å². The van der Waals surface area contributed by atoms with Crippen LogP contribution in [-0.2, 0) is 16.1 Å². The van der Waals surface area contributed by atoms with Gasteiger partial charge in [0.05, 0.1) is 17.8 Å². The van der Waals surface area contributed by atoms with Crippen molar-refractivity contribution in [2.75, 3.05) is 6.54 Å². The van der Waals surface area contributed by atoms with Gasteiger partial charge >= 0.3 is 0 Å². The summed E-state index contributed by atoms with van der Waals surface area (Å²) < 4.78 is 1.82. The van der Waals surface area contributed by atoms with E-state index in [2.05, 4.69) is 55.8 Å². The lowest BCUT2D eigenvalue weighted by atomic mass is 9.98. The number of fused-ring (bicyclic) bond motifs is 1. The van der Waals surface area contributed by atoms with Gasteiger partial charge in [0.15, 0.2) is 0 Å². The number of benzene rings is 2. The van der Waals surface area contributed by atoms with E-state index >= 15 is 0 Å². The molecule has 0 aliphatic heterocycles. The van der Waals surface area contributed by atoms with E-state index in [1.165, 1.54) is 5.39 Å². The quantitative estimate of drug-likeness (QED) is 0.276. The molecule has 4 aromatic rings. The SMILES string of the molecule is CCC(=O)CCCCCC(C(=O)NCCn1cnnc1)c1ncc(-c2ccc3ccccc3c2)[nH]1. The molecule has 1 unspecified atom stereocenters. The lowest BCUT2D eigenvalue weighted by Gasteiger charge is -2.15. The molecule has 0 bridgehead atoms. The summed E-state index contributed by atoms with van der Waals surface area (Å²) in [7, 11) is 0. The van der Waals surface area contributed by atoms with Crippen molar-refractivity contribution in [1.82, 2.24) is 30.0 Å². The van der Waals surface area contributed by atoms with Crippen LogP contribution in [0.25, 0.3) is 22.0 Å². The summed E-state index contributed by atoms with van der Waals surface area (Å²) in [5.74, 6) is 0.521. The molecule has 0 aliphatic rings. The van der Waals surface area contributed by atoms with Crippen LogP contribution in [0.5, 0.6) is 0 Å². The fourth-order valence-electron chi connectivity index (χ4n) is 4.20. The van der Waals surface area contributed by atoms with E-state index in [4.69, 9.17) is 0 Å². The predicted octanol–water partition coefficient (Wildman–Crippen LogP) is 4.65. The first kappa shape index (κ1) is 24.3. The predicted molar refractivity (Wildman–Crippen MR) is 136 cm³/mol.